The SMILES string of the molecule is CC(C)Oc1ccccc1CN[C@H]1CCCN[C@H]1c1ccccc1. The summed E-state index contributed by atoms with van der Waals surface area (Å²) in [4.78, 5) is 0. The molecule has 1 aliphatic heterocycles. The van der Waals surface area contributed by atoms with Gasteiger partial charge in [0, 0.05) is 24.2 Å². The fourth-order valence-corrected chi connectivity index (χ4v) is 3.38. The molecule has 3 nitrogen and oxygen atoms in total. The molecule has 2 N–H and O–H groups in total. The number of hydrogen-bond donors (Lipinski definition) is 2. The summed E-state index contributed by atoms with van der Waals surface area (Å²) in [7, 11) is 0. The summed E-state index contributed by atoms with van der Waals surface area (Å²) in [6, 6.07) is 19.9. The number of piperidine rings is 1. The third-order valence-corrected chi connectivity index (χ3v) is 4.51. The Kier molecular flexibility index (Phi) is 5.89. The van der Waals surface area contributed by atoms with Gasteiger partial charge in [0.2, 0.25) is 0 Å². The van der Waals surface area contributed by atoms with Crippen LogP contribution in [0.15, 0.2) is 54.6 Å². The highest BCUT2D eigenvalue weighted by Gasteiger charge is 2.25. The van der Waals surface area contributed by atoms with E-state index < -0.39 is 0 Å². The van der Waals surface area contributed by atoms with Crippen molar-refractivity contribution in [3.63, 3.8) is 0 Å². The van der Waals surface area contributed by atoms with Crippen molar-refractivity contribution in [2.24, 2.45) is 0 Å². The Labute approximate surface area is 145 Å². The summed E-state index contributed by atoms with van der Waals surface area (Å²) in [5.74, 6) is 0.986. The van der Waals surface area contributed by atoms with Crippen LogP contribution in [0.3, 0.4) is 0 Å². The lowest BCUT2D eigenvalue weighted by Crippen LogP contribution is -2.45. The fourth-order valence-electron chi connectivity index (χ4n) is 3.38. The van der Waals surface area contributed by atoms with E-state index in [1.807, 2.05) is 6.07 Å². The molecule has 0 radical (unpaired) electrons. The average Bonchev–Trinajstić information content (AvgIpc) is 2.61. The number of nitrogens with one attached hydrogen (secondary N) is 2. The molecule has 0 spiro atoms. The molecule has 0 saturated carbocycles. The van der Waals surface area contributed by atoms with Gasteiger partial charge in [-0.3, -0.25) is 0 Å². The van der Waals surface area contributed by atoms with Gasteiger partial charge in [-0.1, -0.05) is 48.5 Å². The normalized spacial score (nSPS) is 21.0. The highest BCUT2D eigenvalue weighted by molar-refractivity contribution is 5.33. The second kappa shape index (κ2) is 8.32. The topological polar surface area (TPSA) is 33.3 Å². The van der Waals surface area contributed by atoms with Crippen molar-refractivity contribution >= 4 is 0 Å². The van der Waals surface area contributed by atoms with Crippen LogP contribution in [0.1, 0.15) is 43.9 Å². The van der Waals surface area contributed by atoms with Gasteiger partial charge in [0.1, 0.15) is 5.75 Å². The molecular formula is C21H28N2O. The zero-order valence-corrected chi connectivity index (χ0v) is 14.7. The van der Waals surface area contributed by atoms with E-state index >= 15 is 0 Å². The van der Waals surface area contributed by atoms with Crippen LogP contribution in [-0.4, -0.2) is 18.7 Å². The molecule has 2 aromatic carbocycles. The highest BCUT2D eigenvalue weighted by atomic mass is 16.5. The van der Waals surface area contributed by atoms with Crippen LogP contribution in [0.2, 0.25) is 0 Å². The summed E-state index contributed by atoms with van der Waals surface area (Å²) in [5.41, 5.74) is 2.59. The van der Waals surface area contributed by atoms with Crippen molar-refractivity contribution in [2.75, 3.05) is 6.54 Å². The van der Waals surface area contributed by atoms with Gasteiger partial charge in [0.05, 0.1) is 6.10 Å². The van der Waals surface area contributed by atoms with Crippen LogP contribution in [0, 0.1) is 0 Å². The molecule has 2 aromatic rings. The molecule has 128 valence electrons. The first-order chi connectivity index (χ1) is 11.7. The Morgan fingerprint density at radius 3 is 2.62 bits per heavy atom. The molecule has 0 bridgehead atoms. The molecule has 24 heavy (non-hydrogen) atoms. The van der Waals surface area contributed by atoms with E-state index in [1.54, 1.807) is 0 Å². The van der Waals surface area contributed by atoms with Gasteiger partial charge in [0.15, 0.2) is 0 Å². The lowest BCUT2D eigenvalue weighted by Gasteiger charge is -2.34. The number of benzene rings is 2. The molecule has 3 heteroatoms. The van der Waals surface area contributed by atoms with Gasteiger partial charge < -0.3 is 15.4 Å². The van der Waals surface area contributed by atoms with Crippen LogP contribution in [0.4, 0.5) is 0 Å². The van der Waals surface area contributed by atoms with Crippen molar-refractivity contribution in [2.45, 2.75) is 51.4 Å². The molecule has 1 heterocycles. The van der Waals surface area contributed by atoms with E-state index in [0.29, 0.717) is 12.1 Å². The van der Waals surface area contributed by atoms with E-state index in [9.17, 15) is 0 Å². The van der Waals surface area contributed by atoms with Gasteiger partial charge in [0.25, 0.3) is 0 Å². The lowest BCUT2D eigenvalue weighted by atomic mass is 9.92. The largest absolute Gasteiger partial charge is 0.491 e. The number of ether oxygens (including phenoxy) is 1. The molecule has 0 aliphatic carbocycles. The Morgan fingerprint density at radius 2 is 1.83 bits per heavy atom. The molecule has 0 aromatic heterocycles. The van der Waals surface area contributed by atoms with E-state index in [-0.39, 0.29) is 6.10 Å². The first-order valence-corrected chi connectivity index (χ1v) is 9.00. The summed E-state index contributed by atoms with van der Waals surface area (Å²) >= 11 is 0. The van der Waals surface area contributed by atoms with Crippen LogP contribution in [0.25, 0.3) is 0 Å². The number of para-hydroxylation sites is 1. The average molecular weight is 324 g/mol. The van der Waals surface area contributed by atoms with Crippen LogP contribution in [-0.2, 0) is 6.54 Å². The minimum absolute atomic E-state index is 0.194. The van der Waals surface area contributed by atoms with Gasteiger partial charge >= 0.3 is 0 Å². The lowest BCUT2D eigenvalue weighted by molar-refractivity contribution is 0.238. The molecule has 1 fully saturated rings. The van der Waals surface area contributed by atoms with Crippen LogP contribution in [0.5, 0.6) is 5.75 Å². The first kappa shape index (κ1) is 17.0. The van der Waals surface area contributed by atoms with Crippen molar-refractivity contribution in [3.05, 3.63) is 65.7 Å². The Balaban J connectivity index is 1.69. The second-order valence-electron chi connectivity index (χ2n) is 6.75. The molecule has 1 saturated heterocycles. The van der Waals surface area contributed by atoms with Crippen molar-refractivity contribution in [1.29, 1.82) is 0 Å². The molecule has 0 amide bonds. The zero-order chi connectivity index (χ0) is 16.8. The smallest absolute Gasteiger partial charge is 0.124 e. The minimum Gasteiger partial charge on any atom is -0.491 e. The standard InChI is InChI=1S/C21H28N2O/c1-16(2)24-20-13-7-6-11-18(20)15-23-19-12-8-14-22-21(19)17-9-4-3-5-10-17/h3-7,9-11,13,16,19,21-23H,8,12,14-15H2,1-2H3/t19-,21-/m0/s1. The zero-order valence-electron chi connectivity index (χ0n) is 14.7. The maximum atomic E-state index is 5.94. The van der Waals surface area contributed by atoms with E-state index in [0.717, 1.165) is 18.8 Å². The fraction of sp³-hybridized carbons (Fsp3) is 0.429. The maximum absolute atomic E-state index is 5.94. The van der Waals surface area contributed by atoms with Crippen LogP contribution >= 0.6 is 0 Å². The highest BCUT2D eigenvalue weighted by Crippen LogP contribution is 2.25. The predicted octanol–water partition coefficient (Wildman–Crippen LogP) is 4.06. The van der Waals surface area contributed by atoms with E-state index in [1.165, 1.54) is 24.0 Å². The maximum Gasteiger partial charge on any atom is 0.124 e. The van der Waals surface area contributed by atoms with Gasteiger partial charge in [-0.15, -0.1) is 0 Å². The second-order valence-corrected chi connectivity index (χ2v) is 6.75. The molecule has 0 unspecified atom stereocenters. The molecular weight excluding hydrogens is 296 g/mol. The van der Waals surface area contributed by atoms with Gasteiger partial charge in [-0.2, -0.15) is 0 Å². The predicted molar refractivity (Wildman–Crippen MR) is 99.3 cm³/mol. The number of rotatable bonds is 6. The summed E-state index contributed by atoms with van der Waals surface area (Å²) in [5, 5.41) is 7.43. The summed E-state index contributed by atoms with van der Waals surface area (Å²) in [6.45, 7) is 6.06. The first-order valence-electron chi connectivity index (χ1n) is 9.00. The van der Waals surface area contributed by atoms with Gasteiger partial charge in [-0.05, 0) is 44.9 Å². The van der Waals surface area contributed by atoms with Crippen molar-refractivity contribution in [3.8, 4) is 5.75 Å². The number of hydrogen-bond acceptors (Lipinski definition) is 3. The van der Waals surface area contributed by atoms with E-state index in [4.69, 9.17) is 4.74 Å². The third kappa shape index (κ3) is 4.37. The molecule has 1 aliphatic rings. The molecule has 2 atom stereocenters. The summed E-state index contributed by atoms with van der Waals surface area (Å²) in [6.07, 6.45) is 2.60. The van der Waals surface area contributed by atoms with Crippen molar-refractivity contribution in [1.82, 2.24) is 10.6 Å². The monoisotopic (exact) mass is 324 g/mol. The quantitative estimate of drug-likeness (QED) is 0.841. The molecule has 3 rings (SSSR count). The Hall–Kier alpha value is -1.84. The summed E-state index contributed by atoms with van der Waals surface area (Å²) < 4.78 is 5.94. The van der Waals surface area contributed by atoms with Gasteiger partial charge in [-0.25, -0.2) is 0 Å². The van der Waals surface area contributed by atoms with Crippen molar-refractivity contribution < 1.29 is 4.74 Å². The minimum atomic E-state index is 0.194. The van der Waals surface area contributed by atoms with Crippen LogP contribution < -0.4 is 15.4 Å². The Bertz CT molecular complexity index is 627. The van der Waals surface area contributed by atoms with E-state index in [2.05, 4.69) is 73.0 Å². The third-order valence-electron chi connectivity index (χ3n) is 4.51. The Morgan fingerprint density at radius 1 is 1.08 bits per heavy atom.